The quantitative estimate of drug-likeness (QED) is 0.0590. The molecular formula is C38H52N2O9. The highest BCUT2D eigenvalue weighted by molar-refractivity contribution is 5.94. The van der Waals surface area contributed by atoms with Crippen molar-refractivity contribution in [1.29, 1.82) is 0 Å². The molecule has 0 unspecified atom stereocenters. The Morgan fingerprint density at radius 2 is 1.37 bits per heavy atom. The van der Waals surface area contributed by atoms with Gasteiger partial charge in [0, 0.05) is 37.7 Å². The molecule has 0 aliphatic rings. The van der Waals surface area contributed by atoms with Crippen molar-refractivity contribution in [2.24, 2.45) is 5.92 Å². The Balaban J connectivity index is 2.03. The van der Waals surface area contributed by atoms with E-state index in [-0.39, 0.29) is 12.2 Å². The second kappa shape index (κ2) is 21.5. The van der Waals surface area contributed by atoms with Crippen molar-refractivity contribution in [3.05, 3.63) is 72.3 Å². The number of amides is 1. The lowest BCUT2D eigenvalue weighted by atomic mass is 9.82. The summed E-state index contributed by atoms with van der Waals surface area (Å²) in [5.41, 5.74) is -0.640. The van der Waals surface area contributed by atoms with Crippen molar-refractivity contribution < 1.29 is 44.4 Å². The summed E-state index contributed by atoms with van der Waals surface area (Å²) in [4.78, 5) is 63.2. The molecule has 11 heteroatoms. The third-order valence-electron chi connectivity index (χ3n) is 8.57. The fourth-order valence-electron chi connectivity index (χ4n) is 5.59. The second-order valence-electron chi connectivity index (χ2n) is 12.5. The molecule has 0 saturated heterocycles. The van der Waals surface area contributed by atoms with E-state index in [4.69, 9.17) is 0 Å². The molecule has 0 aliphatic heterocycles. The Hall–Kier alpha value is -4.51. The minimum Gasteiger partial charge on any atom is -0.481 e. The van der Waals surface area contributed by atoms with Crippen LogP contribution in [0.15, 0.2) is 66.7 Å². The fourth-order valence-corrected chi connectivity index (χ4v) is 5.59. The molecule has 268 valence electrons. The number of benzene rings is 2. The van der Waals surface area contributed by atoms with E-state index >= 15 is 0 Å². The third-order valence-corrected chi connectivity index (χ3v) is 8.57. The number of para-hydroxylation sites is 1. The van der Waals surface area contributed by atoms with Gasteiger partial charge in [0.1, 0.15) is 11.8 Å². The van der Waals surface area contributed by atoms with Crippen LogP contribution in [-0.2, 0) is 30.4 Å². The Morgan fingerprint density at radius 1 is 0.796 bits per heavy atom. The SMILES string of the molecule is CCCCCCCC(=O)CCCCCCC=C[C@H](C(=O)N[C@@H](Cc1ccc(N(C)c2ccccc2)cc1)C(=O)O)[C@@](O)(CC(=O)O)C(=O)O. The van der Waals surface area contributed by atoms with Crippen molar-refractivity contribution >= 4 is 41.0 Å². The molecule has 0 heterocycles. The molecule has 49 heavy (non-hydrogen) atoms. The average Bonchev–Trinajstić information content (AvgIpc) is 3.07. The molecule has 1 amide bonds. The fraction of sp³-hybridized carbons (Fsp3) is 0.500. The summed E-state index contributed by atoms with van der Waals surface area (Å²) in [6, 6.07) is 15.2. The number of hydrogen-bond acceptors (Lipinski definition) is 7. The van der Waals surface area contributed by atoms with Gasteiger partial charge in [0.05, 0.1) is 12.3 Å². The van der Waals surface area contributed by atoms with Gasteiger partial charge >= 0.3 is 17.9 Å². The highest BCUT2D eigenvalue weighted by Gasteiger charge is 2.49. The highest BCUT2D eigenvalue weighted by Crippen LogP contribution is 2.27. The van der Waals surface area contributed by atoms with E-state index in [1.807, 2.05) is 42.3 Å². The minimum atomic E-state index is -3.02. The number of aliphatic hydroxyl groups is 1. The van der Waals surface area contributed by atoms with Gasteiger partial charge in [-0.15, -0.1) is 0 Å². The number of rotatable bonds is 25. The first-order valence-corrected chi connectivity index (χ1v) is 17.2. The zero-order valence-electron chi connectivity index (χ0n) is 28.7. The molecule has 5 N–H and O–H groups in total. The number of carboxylic acid groups (broad SMARTS) is 3. The van der Waals surface area contributed by atoms with Crippen molar-refractivity contribution in [2.45, 2.75) is 108 Å². The van der Waals surface area contributed by atoms with Crippen molar-refractivity contribution in [3.8, 4) is 0 Å². The molecule has 0 spiro atoms. The van der Waals surface area contributed by atoms with Gasteiger partial charge in [-0.3, -0.25) is 14.4 Å². The van der Waals surface area contributed by atoms with Crippen LogP contribution < -0.4 is 10.2 Å². The van der Waals surface area contributed by atoms with Gasteiger partial charge in [-0.2, -0.15) is 0 Å². The Labute approximate surface area is 289 Å². The zero-order chi connectivity index (χ0) is 36.2. The van der Waals surface area contributed by atoms with E-state index in [9.17, 15) is 44.4 Å². The lowest BCUT2D eigenvalue weighted by Crippen LogP contribution is -2.55. The number of ketones is 1. The van der Waals surface area contributed by atoms with E-state index in [1.165, 1.54) is 12.5 Å². The Kier molecular flexibility index (Phi) is 17.8. The molecule has 2 aromatic carbocycles. The number of carbonyl (C=O) groups excluding carboxylic acids is 2. The average molecular weight is 681 g/mol. The number of hydrogen-bond donors (Lipinski definition) is 5. The normalized spacial score (nSPS) is 13.7. The maximum Gasteiger partial charge on any atom is 0.337 e. The molecule has 3 atom stereocenters. The van der Waals surface area contributed by atoms with Crippen LogP contribution in [0, 0.1) is 5.92 Å². The first-order chi connectivity index (χ1) is 23.4. The van der Waals surface area contributed by atoms with Crippen molar-refractivity contribution in [2.75, 3.05) is 11.9 Å². The van der Waals surface area contributed by atoms with Crippen LogP contribution in [0.1, 0.15) is 96.0 Å². The second-order valence-corrected chi connectivity index (χ2v) is 12.5. The number of carbonyl (C=O) groups is 5. The molecule has 2 rings (SSSR count). The Bertz CT molecular complexity index is 1380. The van der Waals surface area contributed by atoms with Crippen molar-refractivity contribution in [3.63, 3.8) is 0 Å². The predicted octanol–water partition coefficient (Wildman–Crippen LogP) is 6.30. The first kappa shape index (κ1) is 40.7. The Morgan fingerprint density at radius 3 is 1.92 bits per heavy atom. The number of carboxylic acids is 3. The van der Waals surface area contributed by atoms with Crippen LogP contribution in [0.3, 0.4) is 0 Å². The van der Waals surface area contributed by atoms with Gasteiger partial charge in [-0.05, 0) is 55.5 Å². The molecule has 0 bridgehead atoms. The summed E-state index contributed by atoms with van der Waals surface area (Å²) in [6.07, 6.45) is 11.3. The van der Waals surface area contributed by atoms with E-state index in [2.05, 4.69) is 12.2 Å². The molecule has 11 nitrogen and oxygen atoms in total. The minimum absolute atomic E-state index is 0.140. The topological polar surface area (TPSA) is 182 Å². The summed E-state index contributed by atoms with van der Waals surface area (Å²) >= 11 is 0. The largest absolute Gasteiger partial charge is 0.481 e. The maximum absolute atomic E-state index is 13.4. The highest BCUT2D eigenvalue weighted by atomic mass is 16.4. The molecular weight excluding hydrogens is 628 g/mol. The zero-order valence-corrected chi connectivity index (χ0v) is 28.7. The number of allylic oxidation sites excluding steroid dienone is 1. The number of nitrogens with zero attached hydrogens (tertiary/aromatic N) is 1. The molecule has 0 aromatic heterocycles. The monoisotopic (exact) mass is 680 g/mol. The number of unbranched alkanes of at least 4 members (excludes halogenated alkanes) is 8. The molecule has 0 radical (unpaired) electrons. The van der Waals surface area contributed by atoms with Crippen LogP contribution >= 0.6 is 0 Å². The van der Waals surface area contributed by atoms with Crippen LogP contribution in [0.25, 0.3) is 0 Å². The van der Waals surface area contributed by atoms with Gasteiger partial charge in [0.25, 0.3) is 0 Å². The van der Waals surface area contributed by atoms with Gasteiger partial charge in [0.2, 0.25) is 5.91 Å². The van der Waals surface area contributed by atoms with E-state index in [0.29, 0.717) is 31.2 Å². The van der Waals surface area contributed by atoms with Gasteiger partial charge in [-0.25, -0.2) is 9.59 Å². The van der Waals surface area contributed by atoms with E-state index in [0.717, 1.165) is 62.4 Å². The first-order valence-electron chi connectivity index (χ1n) is 17.2. The van der Waals surface area contributed by atoms with E-state index in [1.54, 1.807) is 24.3 Å². The standard InChI is InChI=1S/C38H52N2O9/c1-3-4-5-8-14-19-31(41)20-15-9-6-7-10-16-21-32(38(49,37(47)48)27-34(42)43)35(44)39-33(36(45)46)26-28-22-24-30(25-23-28)40(2)29-17-12-11-13-18-29/h11-13,16-18,21-25,32-33,49H,3-10,14-15,19-20,26-27H2,1-2H3,(H,39,44)(H,42,43)(H,45,46)(H,47,48)/t32-,33+,38+/m1/s1. The van der Waals surface area contributed by atoms with Crippen LogP contribution in [0.5, 0.6) is 0 Å². The summed E-state index contributed by atoms with van der Waals surface area (Å²) in [5, 5.41) is 42.3. The molecule has 0 fully saturated rings. The van der Waals surface area contributed by atoms with Crippen LogP contribution in [0.4, 0.5) is 11.4 Å². The molecule has 2 aromatic rings. The lowest BCUT2D eigenvalue weighted by molar-refractivity contribution is -0.172. The summed E-state index contributed by atoms with van der Waals surface area (Å²) in [7, 11) is 1.89. The lowest BCUT2D eigenvalue weighted by Gasteiger charge is -2.29. The van der Waals surface area contributed by atoms with Crippen molar-refractivity contribution in [1.82, 2.24) is 5.32 Å². The summed E-state index contributed by atoms with van der Waals surface area (Å²) in [6.45, 7) is 2.15. The maximum atomic E-state index is 13.4. The van der Waals surface area contributed by atoms with Gasteiger partial charge in [0.15, 0.2) is 5.60 Å². The summed E-state index contributed by atoms with van der Waals surface area (Å²) < 4.78 is 0. The summed E-state index contributed by atoms with van der Waals surface area (Å²) in [5.74, 6) is -7.66. The number of anilines is 2. The van der Waals surface area contributed by atoms with Crippen LogP contribution in [0.2, 0.25) is 0 Å². The predicted molar refractivity (Wildman–Crippen MR) is 188 cm³/mol. The van der Waals surface area contributed by atoms with Gasteiger partial charge < -0.3 is 30.6 Å². The van der Waals surface area contributed by atoms with E-state index < -0.39 is 47.8 Å². The number of aliphatic carboxylic acids is 3. The number of nitrogens with one attached hydrogen (secondary N) is 1. The third kappa shape index (κ3) is 14.2. The van der Waals surface area contributed by atoms with Crippen LogP contribution in [-0.4, -0.2) is 68.7 Å². The molecule has 0 aliphatic carbocycles. The van der Waals surface area contributed by atoms with Gasteiger partial charge in [-0.1, -0.05) is 87.9 Å². The molecule has 0 saturated carbocycles. The smallest absolute Gasteiger partial charge is 0.337 e. The number of Topliss-reactive ketones (excluding diaryl/α,β-unsaturated/α-hetero) is 1.